The summed E-state index contributed by atoms with van der Waals surface area (Å²) in [6.07, 6.45) is -0.902. The second-order valence-corrected chi connectivity index (χ2v) is 9.31. The van der Waals surface area contributed by atoms with Gasteiger partial charge in [-0.25, -0.2) is 4.39 Å². The maximum absolute atomic E-state index is 14.6. The lowest BCUT2D eigenvalue weighted by Crippen LogP contribution is -2.28. The molecule has 8 heteroatoms. The van der Waals surface area contributed by atoms with E-state index in [1.54, 1.807) is 0 Å². The molecule has 0 bridgehead atoms. The molecular formula is C25H26F4N4. The highest BCUT2D eigenvalue weighted by molar-refractivity contribution is 5.54. The summed E-state index contributed by atoms with van der Waals surface area (Å²) >= 11 is 0. The summed E-state index contributed by atoms with van der Waals surface area (Å²) < 4.78 is 55.2. The molecule has 1 aliphatic carbocycles. The molecule has 4 nitrogen and oxygen atoms in total. The number of fused-ring (bicyclic) bond motifs is 1. The average molecular weight is 459 g/mol. The van der Waals surface area contributed by atoms with Gasteiger partial charge >= 0.3 is 6.18 Å². The zero-order valence-corrected chi connectivity index (χ0v) is 18.4. The lowest BCUT2D eigenvalue weighted by atomic mass is 9.93. The molecule has 1 aromatic heterocycles. The second kappa shape index (κ2) is 8.24. The topological polar surface area (TPSA) is 34.0 Å². The van der Waals surface area contributed by atoms with Gasteiger partial charge in [-0.15, -0.1) is 10.2 Å². The van der Waals surface area contributed by atoms with E-state index >= 15 is 0 Å². The molecule has 0 unspecified atom stereocenters. The summed E-state index contributed by atoms with van der Waals surface area (Å²) in [6, 6.07) is 13.0. The van der Waals surface area contributed by atoms with Crippen LogP contribution in [0.1, 0.15) is 36.2 Å². The van der Waals surface area contributed by atoms with Gasteiger partial charge in [0.15, 0.2) is 5.82 Å². The molecule has 2 aliphatic rings. The number of halogens is 4. The zero-order chi connectivity index (χ0) is 23.2. The highest BCUT2D eigenvalue weighted by atomic mass is 19.4. The van der Waals surface area contributed by atoms with Crippen molar-refractivity contribution in [3.8, 4) is 11.4 Å². The van der Waals surface area contributed by atoms with Gasteiger partial charge in [-0.2, -0.15) is 13.2 Å². The highest BCUT2D eigenvalue weighted by Gasteiger charge is 2.61. The smallest absolute Gasteiger partial charge is 0.314 e. The number of likely N-dealkylation sites (tertiary alicyclic amines) is 1. The Morgan fingerprint density at radius 1 is 1.06 bits per heavy atom. The van der Waals surface area contributed by atoms with E-state index in [0.717, 1.165) is 62.1 Å². The van der Waals surface area contributed by atoms with E-state index in [4.69, 9.17) is 0 Å². The van der Waals surface area contributed by atoms with Crippen molar-refractivity contribution in [2.24, 2.45) is 13.0 Å². The summed E-state index contributed by atoms with van der Waals surface area (Å²) in [4.78, 5) is 2.32. The van der Waals surface area contributed by atoms with Crippen molar-refractivity contribution in [1.82, 2.24) is 19.7 Å². The van der Waals surface area contributed by atoms with Crippen LogP contribution in [0.15, 0.2) is 48.5 Å². The Balaban J connectivity index is 1.14. The van der Waals surface area contributed by atoms with Crippen molar-refractivity contribution >= 4 is 0 Å². The molecule has 1 aliphatic heterocycles. The van der Waals surface area contributed by atoms with Gasteiger partial charge in [-0.05, 0) is 49.4 Å². The number of piperidine rings is 1. The Morgan fingerprint density at radius 2 is 1.85 bits per heavy atom. The molecule has 5 rings (SSSR count). The molecule has 0 spiro atoms. The van der Waals surface area contributed by atoms with Crippen LogP contribution in [0, 0.1) is 11.7 Å². The predicted molar refractivity (Wildman–Crippen MR) is 117 cm³/mol. The van der Waals surface area contributed by atoms with E-state index in [2.05, 4.69) is 15.1 Å². The number of hydrogen-bond donors (Lipinski definition) is 0. The van der Waals surface area contributed by atoms with Crippen molar-refractivity contribution in [1.29, 1.82) is 0 Å². The van der Waals surface area contributed by atoms with E-state index in [9.17, 15) is 17.6 Å². The van der Waals surface area contributed by atoms with Crippen LogP contribution in [-0.2, 0) is 25.1 Å². The fraction of sp³-hybridized carbons (Fsp3) is 0.440. The highest BCUT2D eigenvalue weighted by Crippen LogP contribution is 2.59. The molecule has 2 fully saturated rings. The van der Waals surface area contributed by atoms with Gasteiger partial charge < -0.3 is 9.47 Å². The number of benzene rings is 2. The normalized spacial score (nSPS) is 22.5. The number of hydrogen-bond acceptors (Lipinski definition) is 3. The molecule has 0 amide bonds. The number of aromatic nitrogens is 3. The first-order valence-electron chi connectivity index (χ1n) is 11.3. The third-order valence-corrected chi connectivity index (χ3v) is 7.17. The predicted octanol–water partition coefficient (Wildman–Crippen LogP) is 5.24. The molecule has 2 heterocycles. The van der Waals surface area contributed by atoms with E-state index in [-0.39, 0.29) is 5.41 Å². The van der Waals surface area contributed by atoms with Gasteiger partial charge in [0.2, 0.25) is 0 Å². The number of rotatable bonds is 7. The number of alkyl halides is 3. The summed E-state index contributed by atoms with van der Waals surface area (Å²) in [5.41, 5.74) is 0.236. The minimum Gasteiger partial charge on any atom is -0.314 e. The van der Waals surface area contributed by atoms with Crippen molar-refractivity contribution in [3.63, 3.8) is 0 Å². The number of unbranched alkanes of at least 4 members (excludes halogenated alkanes) is 1. The molecule has 1 saturated heterocycles. The minimum atomic E-state index is -4.52. The van der Waals surface area contributed by atoms with Crippen LogP contribution in [0.2, 0.25) is 0 Å². The van der Waals surface area contributed by atoms with Crippen LogP contribution in [0.5, 0.6) is 0 Å². The number of aryl methyl sites for hydroxylation is 1. The van der Waals surface area contributed by atoms with Gasteiger partial charge in [0.05, 0.1) is 5.56 Å². The summed E-state index contributed by atoms with van der Waals surface area (Å²) in [5, 5.41) is 8.67. The lowest BCUT2D eigenvalue weighted by Gasteiger charge is -2.21. The Kier molecular flexibility index (Phi) is 5.51. The van der Waals surface area contributed by atoms with Crippen LogP contribution in [0.3, 0.4) is 0 Å². The van der Waals surface area contributed by atoms with Crippen LogP contribution in [0.4, 0.5) is 17.6 Å². The Morgan fingerprint density at radius 3 is 2.58 bits per heavy atom. The third-order valence-electron chi connectivity index (χ3n) is 7.17. The molecule has 2 aromatic carbocycles. The Labute approximate surface area is 190 Å². The first-order chi connectivity index (χ1) is 15.8. The van der Waals surface area contributed by atoms with Gasteiger partial charge in [-0.1, -0.05) is 36.4 Å². The van der Waals surface area contributed by atoms with Gasteiger partial charge in [0.1, 0.15) is 11.6 Å². The molecule has 3 aromatic rings. The monoisotopic (exact) mass is 458 g/mol. The fourth-order valence-corrected chi connectivity index (χ4v) is 5.31. The SMILES string of the molecule is Cn1c(CCCCN2C[C@@H]3C[C@]3(c3ccc(C(F)(F)F)cc3F)C2)nnc1-c1ccccc1. The van der Waals surface area contributed by atoms with Crippen molar-refractivity contribution < 1.29 is 17.6 Å². The van der Waals surface area contributed by atoms with E-state index in [1.807, 2.05) is 41.9 Å². The Hall–Kier alpha value is -2.74. The van der Waals surface area contributed by atoms with E-state index in [1.165, 1.54) is 6.07 Å². The third kappa shape index (κ3) is 4.16. The maximum Gasteiger partial charge on any atom is 0.416 e. The van der Waals surface area contributed by atoms with Gasteiger partial charge in [0, 0.05) is 37.5 Å². The minimum absolute atomic E-state index is 0.317. The first kappa shape index (κ1) is 22.1. The summed E-state index contributed by atoms with van der Waals surface area (Å²) in [6.45, 7) is 2.48. The molecule has 0 radical (unpaired) electrons. The summed E-state index contributed by atoms with van der Waals surface area (Å²) in [7, 11) is 1.98. The van der Waals surface area contributed by atoms with Crippen LogP contribution in [0.25, 0.3) is 11.4 Å². The van der Waals surface area contributed by atoms with E-state index < -0.39 is 17.6 Å². The zero-order valence-electron chi connectivity index (χ0n) is 18.4. The van der Waals surface area contributed by atoms with Crippen LogP contribution in [-0.4, -0.2) is 39.3 Å². The number of nitrogens with zero attached hydrogens (tertiary/aromatic N) is 4. The lowest BCUT2D eigenvalue weighted by molar-refractivity contribution is -0.137. The van der Waals surface area contributed by atoms with Gasteiger partial charge in [-0.3, -0.25) is 0 Å². The Bertz CT molecular complexity index is 1140. The molecule has 2 atom stereocenters. The molecule has 174 valence electrons. The van der Waals surface area contributed by atoms with Gasteiger partial charge in [0.25, 0.3) is 0 Å². The quantitative estimate of drug-likeness (QED) is 0.359. The average Bonchev–Trinajstić information content (AvgIpc) is 3.15. The molecular weight excluding hydrogens is 432 g/mol. The van der Waals surface area contributed by atoms with Crippen molar-refractivity contribution in [2.75, 3.05) is 19.6 Å². The van der Waals surface area contributed by atoms with Crippen LogP contribution < -0.4 is 0 Å². The maximum atomic E-state index is 14.6. The van der Waals surface area contributed by atoms with E-state index in [0.29, 0.717) is 24.1 Å². The fourth-order valence-electron chi connectivity index (χ4n) is 5.31. The second-order valence-electron chi connectivity index (χ2n) is 9.31. The van der Waals surface area contributed by atoms with Crippen molar-refractivity contribution in [3.05, 3.63) is 71.3 Å². The first-order valence-corrected chi connectivity index (χ1v) is 11.3. The molecule has 33 heavy (non-hydrogen) atoms. The largest absolute Gasteiger partial charge is 0.416 e. The van der Waals surface area contributed by atoms with Crippen molar-refractivity contribution in [2.45, 2.75) is 37.3 Å². The summed E-state index contributed by atoms with van der Waals surface area (Å²) in [5.74, 6) is 1.40. The molecule has 1 saturated carbocycles. The standard InChI is InChI=1S/C25H26F4N4/c1-32-22(30-31-23(32)17-7-3-2-4-8-17)9-5-6-12-33-15-19-14-24(19,16-33)20-11-10-18(13-21(20)26)25(27,28)29/h2-4,7-8,10-11,13,19H,5-6,9,12,14-16H2,1H3/t19-,24-/m0/s1. The van der Waals surface area contributed by atoms with Crippen LogP contribution >= 0.6 is 0 Å². The molecule has 0 N–H and O–H groups in total.